The van der Waals surface area contributed by atoms with Gasteiger partial charge in [0, 0.05) is 44.5 Å². The monoisotopic (exact) mass is 740 g/mol. The predicted octanol–water partition coefficient (Wildman–Crippen LogP) is 8.31. The van der Waals surface area contributed by atoms with Crippen molar-refractivity contribution in [3.05, 3.63) is 155 Å². The van der Waals surface area contributed by atoms with Crippen LogP contribution in [-0.2, 0) is 38.8 Å². The number of nitrogens with zero attached hydrogens (tertiary/aromatic N) is 1. The van der Waals surface area contributed by atoms with Gasteiger partial charge >= 0.3 is 0 Å². The first kappa shape index (κ1) is 39.4. The first-order valence-electron chi connectivity index (χ1n) is 19.2. The zero-order valence-corrected chi connectivity index (χ0v) is 31.5. The quantitative estimate of drug-likeness (QED) is 0.0558. The van der Waals surface area contributed by atoms with Crippen LogP contribution in [0.3, 0.4) is 0 Å². The van der Waals surface area contributed by atoms with Crippen LogP contribution in [0.15, 0.2) is 127 Å². The highest BCUT2D eigenvalue weighted by molar-refractivity contribution is 5.93. The Labute approximate surface area is 324 Å². The summed E-state index contributed by atoms with van der Waals surface area (Å²) < 4.78 is 13.2. The molecule has 0 aliphatic carbocycles. The molecule has 55 heavy (non-hydrogen) atoms. The van der Waals surface area contributed by atoms with Crippen molar-refractivity contribution in [2.75, 3.05) is 24.6 Å². The molecule has 1 aliphatic rings. The lowest BCUT2D eigenvalue weighted by Gasteiger charge is -2.38. The van der Waals surface area contributed by atoms with Crippen LogP contribution in [0.1, 0.15) is 78.7 Å². The minimum atomic E-state index is -0.549. The number of para-hydroxylation sites is 2. The van der Waals surface area contributed by atoms with Gasteiger partial charge in [-0.15, -0.1) is 0 Å². The lowest BCUT2D eigenvalue weighted by Crippen LogP contribution is -2.37. The first-order chi connectivity index (χ1) is 26.8. The predicted molar refractivity (Wildman–Crippen MR) is 217 cm³/mol. The fourth-order valence-corrected chi connectivity index (χ4v) is 6.97. The van der Waals surface area contributed by atoms with Crippen LogP contribution in [0.25, 0.3) is 11.1 Å². The molecule has 0 saturated carbocycles. The molecule has 9 nitrogen and oxygen atoms in total. The van der Waals surface area contributed by atoms with Crippen LogP contribution in [0.2, 0.25) is 0 Å². The average molecular weight is 741 g/mol. The van der Waals surface area contributed by atoms with E-state index in [0.717, 1.165) is 52.9 Å². The summed E-state index contributed by atoms with van der Waals surface area (Å²) in [7, 11) is 2.12. The summed E-state index contributed by atoms with van der Waals surface area (Å²) >= 11 is 0. The SMILES string of the molecule is CN(Cc1ccccc1)CC1CC(c2ccc(CO)cc2)OC(c2ccc(-c3ccccc3CNC(=O)CCCCCC(=O)Nc3ccccc3N)cc2)O1. The summed E-state index contributed by atoms with van der Waals surface area (Å²) in [5.41, 5.74) is 14.3. The number of benzene rings is 5. The second-order valence-corrected chi connectivity index (χ2v) is 14.3. The van der Waals surface area contributed by atoms with Gasteiger partial charge in [-0.3, -0.25) is 14.5 Å². The Morgan fingerprint density at radius 2 is 1.42 bits per heavy atom. The number of unbranched alkanes of at least 4 members (excludes halogenated alkanes) is 2. The molecule has 0 aromatic heterocycles. The highest BCUT2D eigenvalue weighted by Crippen LogP contribution is 2.39. The number of ether oxygens (including phenoxy) is 2. The van der Waals surface area contributed by atoms with Gasteiger partial charge in [0.05, 0.1) is 30.2 Å². The molecule has 0 bridgehead atoms. The molecule has 6 rings (SSSR count). The zero-order valence-electron chi connectivity index (χ0n) is 31.5. The number of aliphatic hydroxyl groups is 1. The van der Waals surface area contributed by atoms with Crippen molar-refractivity contribution in [3.63, 3.8) is 0 Å². The molecular formula is C46H52N4O5. The Morgan fingerprint density at radius 1 is 0.745 bits per heavy atom. The topological polar surface area (TPSA) is 126 Å². The van der Waals surface area contributed by atoms with Crippen LogP contribution in [-0.4, -0.2) is 41.5 Å². The molecule has 3 unspecified atom stereocenters. The molecule has 1 heterocycles. The molecule has 1 aliphatic heterocycles. The number of nitrogens with one attached hydrogen (secondary N) is 2. The number of hydrogen-bond acceptors (Lipinski definition) is 7. The Morgan fingerprint density at radius 3 is 2.16 bits per heavy atom. The molecule has 2 amide bonds. The van der Waals surface area contributed by atoms with Gasteiger partial charge in [-0.25, -0.2) is 0 Å². The third-order valence-electron chi connectivity index (χ3n) is 9.96. The van der Waals surface area contributed by atoms with Gasteiger partial charge in [0.2, 0.25) is 11.8 Å². The second kappa shape index (κ2) is 19.8. The molecule has 5 N–H and O–H groups in total. The standard InChI is InChI=1S/C46H52N4O5/c1-50(30-33-12-4-2-5-13-33)31-39-28-43(36-22-20-34(32-51)21-23-36)55-46(54-39)37-26-24-35(25-27-37)40-15-9-8-14-38(40)29-48-44(52)18-6-3-7-19-45(53)49-42-17-11-10-16-41(42)47/h2,4-5,8-17,20-27,39,43,46,51H,3,6-7,18-19,28-32,47H2,1H3,(H,48,52)(H,49,53). The third kappa shape index (κ3) is 11.6. The minimum Gasteiger partial charge on any atom is -0.397 e. The number of likely N-dealkylation sites (N-methyl/N-ethyl adjacent to an activating group) is 1. The largest absolute Gasteiger partial charge is 0.397 e. The van der Waals surface area contributed by atoms with Gasteiger partial charge in [-0.2, -0.15) is 0 Å². The average Bonchev–Trinajstić information content (AvgIpc) is 3.21. The molecule has 5 aromatic rings. The van der Waals surface area contributed by atoms with Crippen molar-refractivity contribution >= 4 is 23.2 Å². The Bertz CT molecular complexity index is 1970. The molecule has 5 aromatic carbocycles. The molecule has 286 valence electrons. The fraction of sp³-hybridized carbons (Fsp3) is 0.304. The van der Waals surface area contributed by atoms with E-state index in [4.69, 9.17) is 15.2 Å². The van der Waals surface area contributed by atoms with Gasteiger partial charge < -0.3 is 30.9 Å². The van der Waals surface area contributed by atoms with Crippen molar-refractivity contribution in [1.29, 1.82) is 0 Å². The maximum Gasteiger partial charge on any atom is 0.224 e. The van der Waals surface area contributed by atoms with Crippen molar-refractivity contribution in [2.24, 2.45) is 0 Å². The summed E-state index contributed by atoms with van der Waals surface area (Å²) in [6.07, 6.45) is 2.92. The van der Waals surface area contributed by atoms with Gasteiger partial charge in [0.25, 0.3) is 0 Å². The Balaban J connectivity index is 1.03. The van der Waals surface area contributed by atoms with Crippen molar-refractivity contribution in [3.8, 4) is 11.1 Å². The Hall–Kier alpha value is -5.32. The molecule has 1 saturated heterocycles. The second-order valence-electron chi connectivity index (χ2n) is 14.3. The van der Waals surface area contributed by atoms with Crippen LogP contribution in [0.5, 0.6) is 0 Å². The fourth-order valence-electron chi connectivity index (χ4n) is 6.97. The van der Waals surface area contributed by atoms with Gasteiger partial charge in [-0.1, -0.05) is 122 Å². The number of nitrogens with two attached hydrogens (primary N) is 1. The number of carbonyl (C=O) groups excluding carboxylic acids is 2. The van der Waals surface area contributed by atoms with E-state index in [0.29, 0.717) is 50.0 Å². The van der Waals surface area contributed by atoms with Gasteiger partial charge in [0.1, 0.15) is 0 Å². The van der Waals surface area contributed by atoms with Crippen LogP contribution in [0, 0.1) is 0 Å². The van der Waals surface area contributed by atoms with Gasteiger partial charge in [0.15, 0.2) is 6.29 Å². The molecule has 9 heteroatoms. The highest BCUT2D eigenvalue weighted by Gasteiger charge is 2.33. The zero-order chi connectivity index (χ0) is 38.4. The number of hydrogen-bond donors (Lipinski definition) is 4. The Kier molecular flexibility index (Phi) is 14.2. The number of rotatable bonds is 17. The summed E-state index contributed by atoms with van der Waals surface area (Å²) in [6.45, 7) is 1.99. The smallest absolute Gasteiger partial charge is 0.224 e. The van der Waals surface area contributed by atoms with E-state index in [1.807, 2.05) is 60.7 Å². The highest BCUT2D eigenvalue weighted by atomic mass is 16.7. The molecule has 3 atom stereocenters. The first-order valence-corrected chi connectivity index (χ1v) is 19.2. The van der Waals surface area contributed by atoms with Crippen molar-refractivity contribution in [2.45, 2.75) is 76.7 Å². The summed E-state index contributed by atoms with van der Waals surface area (Å²) in [6, 6.07) is 42.0. The van der Waals surface area contributed by atoms with E-state index in [2.05, 4.69) is 77.2 Å². The molecular weight excluding hydrogens is 689 g/mol. The van der Waals surface area contributed by atoms with Gasteiger partial charge in [-0.05, 0) is 65.4 Å². The minimum absolute atomic E-state index is 0.00184. The maximum atomic E-state index is 12.8. The van der Waals surface area contributed by atoms with Crippen molar-refractivity contribution in [1.82, 2.24) is 10.2 Å². The molecule has 1 fully saturated rings. The van der Waals surface area contributed by atoms with E-state index in [1.54, 1.807) is 12.1 Å². The normalized spacial score (nSPS) is 16.8. The third-order valence-corrected chi connectivity index (χ3v) is 9.96. The van der Waals surface area contributed by atoms with E-state index >= 15 is 0 Å². The molecule has 0 radical (unpaired) electrons. The maximum absolute atomic E-state index is 12.8. The lowest BCUT2D eigenvalue weighted by molar-refractivity contribution is -0.252. The number of nitrogen functional groups attached to an aromatic ring is 1. The van der Waals surface area contributed by atoms with E-state index in [-0.39, 0.29) is 30.6 Å². The van der Waals surface area contributed by atoms with E-state index < -0.39 is 6.29 Å². The number of anilines is 2. The van der Waals surface area contributed by atoms with E-state index in [9.17, 15) is 14.7 Å². The summed E-state index contributed by atoms with van der Waals surface area (Å²) in [5, 5.41) is 15.5. The van der Waals surface area contributed by atoms with E-state index in [1.165, 1.54) is 5.56 Å². The summed E-state index contributed by atoms with van der Waals surface area (Å²) in [5.74, 6) is -0.0885. The van der Waals surface area contributed by atoms with Crippen LogP contribution < -0.4 is 16.4 Å². The number of carbonyl (C=O) groups is 2. The van der Waals surface area contributed by atoms with Crippen molar-refractivity contribution < 1.29 is 24.2 Å². The van der Waals surface area contributed by atoms with Crippen LogP contribution in [0.4, 0.5) is 11.4 Å². The molecule has 0 spiro atoms. The summed E-state index contributed by atoms with van der Waals surface area (Å²) in [4.78, 5) is 27.3. The van der Waals surface area contributed by atoms with Crippen LogP contribution >= 0.6 is 0 Å². The lowest BCUT2D eigenvalue weighted by atomic mass is 9.97. The number of aliphatic hydroxyl groups excluding tert-OH is 1. The number of amides is 2.